The first-order chi connectivity index (χ1) is 9.88. The lowest BCUT2D eigenvalue weighted by atomic mass is 9.79. The van der Waals surface area contributed by atoms with Crippen LogP contribution in [-0.2, 0) is 0 Å². The average Bonchev–Trinajstić information content (AvgIpc) is 2.48. The molecule has 1 aliphatic heterocycles. The van der Waals surface area contributed by atoms with Gasteiger partial charge in [0.1, 0.15) is 5.82 Å². The van der Waals surface area contributed by atoms with Gasteiger partial charge in [0, 0.05) is 49.8 Å². The predicted octanol–water partition coefficient (Wildman–Crippen LogP) is 3.52. The topological polar surface area (TPSA) is 35.5 Å². The summed E-state index contributed by atoms with van der Waals surface area (Å²) >= 11 is 12.3. The molecule has 2 rings (SSSR count). The van der Waals surface area contributed by atoms with Crippen molar-refractivity contribution in [1.82, 2.24) is 10.2 Å². The van der Waals surface area contributed by atoms with E-state index in [0.29, 0.717) is 10.6 Å². The predicted molar refractivity (Wildman–Crippen MR) is 91.7 cm³/mol. The highest BCUT2D eigenvalue weighted by Crippen LogP contribution is 2.44. The lowest BCUT2D eigenvalue weighted by Crippen LogP contribution is -2.50. The second kappa shape index (κ2) is 8.13. The Morgan fingerprint density at radius 2 is 1.91 bits per heavy atom. The maximum atomic E-state index is 14.4. The number of aliphatic hydroxyl groups is 1. The molecule has 126 valence electrons. The zero-order valence-electron chi connectivity index (χ0n) is 12.7. The van der Waals surface area contributed by atoms with Crippen molar-refractivity contribution in [3.8, 4) is 0 Å². The van der Waals surface area contributed by atoms with E-state index in [-0.39, 0.29) is 35.9 Å². The molecule has 22 heavy (non-hydrogen) atoms. The van der Waals surface area contributed by atoms with E-state index in [9.17, 15) is 9.50 Å². The third-order valence-corrected chi connectivity index (χ3v) is 4.84. The van der Waals surface area contributed by atoms with Crippen LogP contribution in [0.4, 0.5) is 4.39 Å². The molecular weight excluding hydrogens is 350 g/mol. The molecule has 0 aromatic heterocycles. The highest BCUT2D eigenvalue weighted by Gasteiger charge is 2.38. The summed E-state index contributed by atoms with van der Waals surface area (Å²) in [7, 11) is 0. The van der Waals surface area contributed by atoms with E-state index >= 15 is 0 Å². The molecule has 1 aromatic rings. The maximum absolute atomic E-state index is 14.4. The Labute approximate surface area is 147 Å². The zero-order valence-corrected chi connectivity index (χ0v) is 15.0. The summed E-state index contributed by atoms with van der Waals surface area (Å²) in [5.74, 6) is -0.380. The molecule has 7 heteroatoms. The van der Waals surface area contributed by atoms with Gasteiger partial charge in [-0.2, -0.15) is 0 Å². The lowest BCUT2D eigenvalue weighted by Gasteiger charge is -2.43. The van der Waals surface area contributed by atoms with Gasteiger partial charge in [-0.3, -0.25) is 4.90 Å². The number of nitrogens with one attached hydrogen (secondary N) is 1. The Kier molecular flexibility index (Phi) is 7.37. The number of nitrogens with zero attached hydrogens (tertiary/aromatic N) is 1. The van der Waals surface area contributed by atoms with Crippen molar-refractivity contribution >= 4 is 35.6 Å². The van der Waals surface area contributed by atoms with Gasteiger partial charge < -0.3 is 10.4 Å². The van der Waals surface area contributed by atoms with Gasteiger partial charge in [0.15, 0.2) is 0 Å². The Bertz CT molecular complexity index is 508. The molecule has 0 spiro atoms. The van der Waals surface area contributed by atoms with Crippen LogP contribution in [0.3, 0.4) is 0 Å². The van der Waals surface area contributed by atoms with Gasteiger partial charge >= 0.3 is 0 Å². The van der Waals surface area contributed by atoms with Crippen molar-refractivity contribution in [3.63, 3.8) is 0 Å². The molecule has 3 nitrogen and oxygen atoms in total. The zero-order chi connectivity index (χ0) is 15.6. The number of aliphatic hydroxyl groups excluding tert-OH is 1. The number of halogens is 4. The maximum Gasteiger partial charge on any atom is 0.129 e. The minimum atomic E-state index is -0.535. The van der Waals surface area contributed by atoms with Crippen molar-refractivity contribution in [2.75, 3.05) is 32.8 Å². The van der Waals surface area contributed by atoms with Gasteiger partial charge in [-0.15, -0.1) is 12.4 Å². The second-order valence-electron chi connectivity index (χ2n) is 6.09. The summed E-state index contributed by atoms with van der Waals surface area (Å²) in [5.41, 5.74) is -0.155. The van der Waals surface area contributed by atoms with Crippen LogP contribution in [0.2, 0.25) is 10.0 Å². The van der Waals surface area contributed by atoms with E-state index in [1.807, 2.05) is 13.8 Å². The molecule has 0 amide bonds. The highest BCUT2D eigenvalue weighted by atomic mass is 35.5. The van der Waals surface area contributed by atoms with E-state index in [1.54, 1.807) is 0 Å². The van der Waals surface area contributed by atoms with Gasteiger partial charge in [0.05, 0.1) is 10.0 Å². The van der Waals surface area contributed by atoms with E-state index in [0.717, 1.165) is 26.2 Å². The van der Waals surface area contributed by atoms with Crippen LogP contribution in [0.25, 0.3) is 0 Å². The average molecular weight is 372 g/mol. The molecule has 1 aromatic carbocycles. The van der Waals surface area contributed by atoms with Crippen molar-refractivity contribution in [3.05, 3.63) is 33.6 Å². The standard InChI is InChI=1S/C15H21Cl2FN2O.ClH/c1-15(2,9-21)14(20-7-5-19-6-8-20)12-11(18)4-3-10(16)13(12)17;/h3-4,14,19,21H,5-9H2,1-2H3;1H/t14-;/m1./s1. The monoisotopic (exact) mass is 370 g/mol. The van der Waals surface area contributed by atoms with Crippen molar-refractivity contribution < 1.29 is 9.50 Å². The largest absolute Gasteiger partial charge is 0.396 e. The number of hydrogen-bond donors (Lipinski definition) is 2. The van der Waals surface area contributed by atoms with E-state index < -0.39 is 5.41 Å². The molecule has 2 N–H and O–H groups in total. The molecule has 1 fully saturated rings. The Hall–Kier alpha value is -0.100. The van der Waals surface area contributed by atoms with Gasteiger partial charge in [-0.1, -0.05) is 37.0 Å². The molecule has 0 radical (unpaired) electrons. The minimum absolute atomic E-state index is 0. The Morgan fingerprint density at radius 1 is 1.32 bits per heavy atom. The van der Waals surface area contributed by atoms with E-state index in [4.69, 9.17) is 23.2 Å². The first-order valence-corrected chi connectivity index (χ1v) is 7.83. The Balaban J connectivity index is 0.00000242. The summed E-state index contributed by atoms with van der Waals surface area (Å²) in [5, 5.41) is 13.6. The molecule has 0 bridgehead atoms. The summed E-state index contributed by atoms with van der Waals surface area (Å²) in [4.78, 5) is 2.16. The van der Waals surface area contributed by atoms with Gasteiger partial charge in [-0.05, 0) is 12.1 Å². The fourth-order valence-corrected chi connectivity index (χ4v) is 3.31. The minimum Gasteiger partial charge on any atom is -0.396 e. The fourth-order valence-electron chi connectivity index (χ4n) is 2.89. The molecule has 1 aliphatic rings. The lowest BCUT2D eigenvalue weighted by molar-refractivity contribution is 0.0287. The van der Waals surface area contributed by atoms with E-state index in [2.05, 4.69) is 10.2 Å². The number of piperazine rings is 1. The molecule has 0 aliphatic carbocycles. The van der Waals surface area contributed by atoms with Gasteiger partial charge in [0.2, 0.25) is 0 Å². The summed E-state index contributed by atoms with van der Waals surface area (Å²) in [6.45, 7) is 6.97. The van der Waals surface area contributed by atoms with Crippen LogP contribution in [0.1, 0.15) is 25.5 Å². The van der Waals surface area contributed by atoms with E-state index in [1.165, 1.54) is 12.1 Å². The Morgan fingerprint density at radius 3 is 2.45 bits per heavy atom. The van der Waals surface area contributed by atoms with Crippen LogP contribution in [-0.4, -0.2) is 42.8 Å². The van der Waals surface area contributed by atoms with Crippen LogP contribution >= 0.6 is 35.6 Å². The summed E-state index contributed by atoms with van der Waals surface area (Å²) in [6.07, 6.45) is 0. The van der Waals surface area contributed by atoms with Crippen LogP contribution < -0.4 is 5.32 Å². The molecule has 1 atom stereocenters. The third kappa shape index (κ3) is 4.05. The first kappa shape index (κ1) is 19.9. The first-order valence-electron chi connectivity index (χ1n) is 7.07. The molecule has 1 heterocycles. The number of rotatable bonds is 4. The normalized spacial score (nSPS) is 17.9. The van der Waals surface area contributed by atoms with Gasteiger partial charge in [0.25, 0.3) is 0 Å². The SMILES string of the molecule is CC(C)(CO)[C@@H](c1c(F)ccc(Cl)c1Cl)N1CCNCC1.Cl. The summed E-state index contributed by atoms with van der Waals surface area (Å²) in [6, 6.07) is 2.48. The number of benzene rings is 1. The smallest absolute Gasteiger partial charge is 0.129 e. The highest BCUT2D eigenvalue weighted by molar-refractivity contribution is 6.42. The molecule has 0 unspecified atom stereocenters. The van der Waals surface area contributed by atoms with Crippen LogP contribution in [0.15, 0.2) is 12.1 Å². The van der Waals surface area contributed by atoms with Crippen molar-refractivity contribution in [1.29, 1.82) is 0 Å². The van der Waals surface area contributed by atoms with Gasteiger partial charge in [-0.25, -0.2) is 4.39 Å². The van der Waals surface area contributed by atoms with Crippen LogP contribution in [0, 0.1) is 11.2 Å². The summed E-state index contributed by atoms with van der Waals surface area (Å²) < 4.78 is 14.4. The molecular formula is C15H22Cl3FN2O. The van der Waals surface area contributed by atoms with Crippen molar-refractivity contribution in [2.24, 2.45) is 5.41 Å². The second-order valence-corrected chi connectivity index (χ2v) is 6.88. The van der Waals surface area contributed by atoms with Crippen LogP contribution in [0.5, 0.6) is 0 Å². The third-order valence-electron chi connectivity index (χ3n) is 4.02. The fraction of sp³-hybridized carbons (Fsp3) is 0.600. The molecule has 1 saturated heterocycles. The van der Waals surface area contributed by atoms with Crippen molar-refractivity contribution in [2.45, 2.75) is 19.9 Å². The number of hydrogen-bond acceptors (Lipinski definition) is 3. The molecule has 0 saturated carbocycles. The quantitative estimate of drug-likeness (QED) is 0.795.